The lowest BCUT2D eigenvalue weighted by atomic mass is 9.67. The molecule has 0 aromatic heterocycles. The van der Waals surface area contributed by atoms with Crippen LogP contribution in [0.3, 0.4) is 0 Å². The van der Waals surface area contributed by atoms with Gasteiger partial charge in [0.15, 0.2) is 0 Å². The molecular weight excluding hydrogens is 330 g/mol. The molecule has 130 valence electrons. The summed E-state index contributed by atoms with van der Waals surface area (Å²) >= 11 is 0. The molecule has 2 bridgehead atoms. The number of hydrogen-bond acceptors (Lipinski definition) is 3. The van der Waals surface area contributed by atoms with Crippen LogP contribution in [0.2, 0.25) is 0 Å². The average Bonchev–Trinajstić information content (AvgIpc) is 2.78. The molecule has 0 aromatic carbocycles. The summed E-state index contributed by atoms with van der Waals surface area (Å²) < 4.78 is 88.1. The molecule has 0 N–H and O–H groups in total. The van der Waals surface area contributed by atoms with E-state index in [2.05, 4.69) is 11.3 Å². The first-order valence-electron chi connectivity index (χ1n) is 7.08. The number of esters is 1. The van der Waals surface area contributed by atoms with Crippen LogP contribution in [0.15, 0.2) is 12.2 Å². The first-order chi connectivity index (χ1) is 10.4. The van der Waals surface area contributed by atoms with Gasteiger partial charge in [-0.3, -0.25) is 0 Å². The van der Waals surface area contributed by atoms with E-state index in [1.165, 1.54) is 6.92 Å². The standard InChI is InChI=1S/C14H14F6O3/c1-5(2)11(21)22-8-4-6-3-7(8)10-9(6)12(23-10,13(15,16)17)14(18,19)20/h6-10H,1,3-4H2,2H3. The van der Waals surface area contributed by atoms with Crippen LogP contribution in [0.5, 0.6) is 0 Å². The van der Waals surface area contributed by atoms with Crippen LogP contribution in [0, 0.1) is 17.8 Å². The molecule has 23 heavy (non-hydrogen) atoms. The summed E-state index contributed by atoms with van der Waals surface area (Å²) in [5.74, 6) is -3.82. The Morgan fingerprint density at radius 3 is 2.17 bits per heavy atom. The van der Waals surface area contributed by atoms with Gasteiger partial charge in [-0.1, -0.05) is 6.58 Å². The number of alkyl halides is 6. The van der Waals surface area contributed by atoms with Gasteiger partial charge in [-0.25, -0.2) is 4.79 Å². The summed E-state index contributed by atoms with van der Waals surface area (Å²) in [7, 11) is 0. The second kappa shape index (κ2) is 4.64. The number of hydrogen-bond donors (Lipinski definition) is 0. The Morgan fingerprint density at radius 2 is 1.74 bits per heavy atom. The highest BCUT2D eigenvalue weighted by atomic mass is 19.4. The highest BCUT2D eigenvalue weighted by molar-refractivity contribution is 5.87. The van der Waals surface area contributed by atoms with Crippen molar-refractivity contribution in [2.75, 3.05) is 0 Å². The first kappa shape index (κ1) is 16.6. The number of halogens is 6. The van der Waals surface area contributed by atoms with Crippen molar-refractivity contribution in [1.82, 2.24) is 0 Å². The van der Waals surface area contributed by atoms with Gasteiger partial charge in [-0.05, 0) is 25.7 Å². The van der Waals surface area contributed by atoms with Gasteiger partial charge in [0, 0.05) is 17.4 Å². The van der Waals surface area contributed by atoms with E-state index in [0.717, 1.165) is 0 Å². The predicted molar refractivity (Wildman–Crippen MR) is 64.1 cm³/mol. The molecule has 2 saturated carbocycles. The van der Waals surface area contributed by atoms with E-state index < -0.39 is 53.9 Å². The normalized spacial score (nSPS) is 38.0. The first-order valence-corrected chi connectivity index (χ1v) is 7.08. The zero-order chi connectivity index (χ0) is 17.4. The molecule has 1 saturated heterocycles. The number of carbonyl (C=O) groups is 1. The molecular formula is C14H14F6O3. The van der Waals surface area contributed by atoms with E-state index in [4.69, 9.17) is 4.74 Å². The van der Waals surface area contributed by atoms with Crippen LogP contribution in [0.1, 0.15) is 19.8 Å². The number of rotatable bonds is 2. The minimum absolute atomic E-state index is 0.0118. The number of fused-ring (bicyclic) bond motifs is 5. The Bertz CT molecular complexity index is 536. The summed E-state index contributed by atoms with van der Waals surface area (Å²) in [6, 6.07) is 0. The second-order valence-corrected chi connectivity index (χ2v) is 6.46. The third kappa shape index (κ3) is 2.04. The molecule has 3 aliphatic rings. The van der Waals surface area contributed by atoms with Gasteiger partial charge in [0.05, 0.1) is 6.10 Å². The topological polar surface area (TPSA) is 35.5 Å². The van der Waals surface area contributed by atoms with Gasteiger partial charge >= 0.3 is 18.3 Å². The fraction of sp³-hybridized carbons (Fsp3) is 0.786. The second-order valence-electron chi connectivity index (χ2n) is 6.46. The third-order valence-electron chi connectivity index (χ3n) is 5.11. The Labute approximate surface area is 127 Å². The maximum Gasteiger partial charge on any atom is 0.426 e. The summed E-state index contributed by atoms with van der Waals surface area (Å²) in [5.41, 5.74) is -3.97. The lowest BCUT2D eigenvalue weighted by Gasteiger charge is -2.57. The third-order valence-corrected chi connectivity index (χ3v) is 5.11. The molecule has 3 rings (SSSR count). The van der Waals surface area contributed by atoms with Crippen LogP contribution in [-0.4, -0.2) is 36.1 Å². The largest absolute Gasteiger partial charge is 0.459 e. The molecule has 5 unspecified atom stereocenters. The van der Waals surface area contributed by atoms with E-state index in [0.29, 0.717) is 0 Å². The van der Waals surface area contributed by atoms with Crippen LogP contribution in [-0.2, 0) is 14.3 Å². The van der Waals surface area contributed by atoms with Crippen LogP contribution < -0.4 is 0 Å². The molecule has 0 aromatic rings. The molecule has 0 spiro atoms. The van der Waals surface area contributed by atoms with Crippen molar-refractivity contribution >= 4 is 5.97 Å². The zero-order valence-electron chi connectivity index (χ0n) is 12.0. The van der Waals surface area contributed by atoms with Gasteiger partial charge < -0.3 is 9.47 Å². The maximum absolute atomic E-state index is 13.1. The van der Waals surface area contributed by atoms with Crippen LogP contribution >= 0.6 is 0 Å². The maximum atomic E-state index is 13.1. The molecule has 9 heteroatoms. The molecule has 0 radical (unpaired) electrons. The van der Waals surface area contributed by atoms with Crippen molar-refractivity contribution < 1.29 is 40.6 Å². The molecule has 1 aliphatic heterocycles. The van der Waals surface area contributed by atoms with E-state index >= 15 is 0 Å². The number of carbonyl (C=O) groups excluding carboxylic acids is 1. The van der Waals surface area contributed by atoms with E-state index in [9.17, 15) is 31.1 Å². The molecule has 0 amide bonds. The summed E-state index contributed by atoms with van der Waals surface area (Å²) in [5, 5.41) is 0. The average molecular weight is 344 g/mol. The lowest BCUT2D eigenvalue weighted by molar-refractivity contribution is -0.472. The summed E-state index contributed by atoms with van der Waals surface area (Å²) in [6.07, 6.45) is -12.8. The fourth-order valence-corrected chi connectivity index (χ4v) is 4.23. The smallest absolute Gasteiger partial charge is 0.426 e. The summed E-state index contributed by atoms with van der Waals surface area (Å²) in [4.78, 5) is 11.5. The van der Waals surface area contributed by atoms with Gasteiger partial charge in [0.1, 0.15) is 6.10 Å². The van der Waals surface area contributed by atoms with Gasteiger partial charge in [0.25, 0.3) is 5.60 Å². The molecule has 2 aliphatic carbocycles. The van der Waals surface area contributed by atoms with Crippen molar-refractivity contribution in [3.05, 3.63) is 12.2 Å². The summed E-state index contributed by atoms with van der Waals surface area (Å²) in [6.45, 7) is 4.80. The van der Waals surface area contributed by atoms with E-state index in [1.54, 1.807) is 0 Å². The molecule has 3 fully saturated rings. The zero-order valence-corrected chi connectivity index (χ0v) is 12.0. The minimum atomic E-state index is -5.53. The van der Waals surface area contributed by atoms with Crippen molar-refractivity contribution in [2.24, 2.45) is 17.8 Å². The minimum Gasteiger partial charge on any atom is -0.459 e. The Balaban J connectivity index is 1.81. The van der Waals surface area contributed by atoms with Crippen LogP contribution in [0.25, 0.3) is 0 Å². The molecule has 3 nitrogen and oxygen atoms in total. The van der Waals surface area contributed by atoms with Crippen LogP contribution in [0.4, 0.5) is 26.3 Å². The predicted octanol–water partition coefficient (Wildman–Crippen LogP) is 3.39. The van der Waals surface area contributed by atoms with Crippen molar-refractivity contribution in [3.63, 3.8) is 0 Å². The Morgan fingerprint density at radius 1 is 1.17 bits per heavy atom. The monoisotopic (exact) mass is 344 g/mol. The molecule has 1 heterocycles. The van der Waals surface area contributed by atoms with Crippen molar-refractivity contribution in [1.29, 1.82) is 0 Å². The van der Waals surface area contributed by atoms with Gasteiger partial charge in [0.2, 0.25) is 0 Å². The Hall–Kier alpha value is -1.25. The quantitative estimate of drug-likeness (QED) is 0.438. The van der Waals surface area contributed by atoms with Crippen molar-refractivity contribution in [2.45, 2.75) is 49.9 Å². The van der Waals surface area contributed by atoms with Gasteiger partial charge in [-0.2, -0.15) is 26.3 Å². The highest BCUT2D eigenvalue weighted by Crippen LogP contribution is 2.69. The number of ether oxygens (including phenoxy) is 2. The van der Waals surface area contributed by atoms with Crippen molar-refractivity contribution in [3.8, 4) is 0 Å². The van der Waals surface area contributed by atoms with E-state index in [1.807, 2.05) is 0 Å². The SMILES string of the molecule is C=C(C)C(=O)OC1CC2CC1C1OC(C(F)(F)F)(C(F)(F)F)C21. The Kier molecular flexibility index (Phi) is 3.35. The lowest BCUT2D eigenvalue weighted by Crippen LogP contribution is -2.76. The highest BCUT2D eigenvalue weighted by Gasteiger charge is 2.87. The van der Waals surface area contributed by atoms with E-state index in [-0.39, 0.29) is 18.4 Å². The molecule has 5 atom stereocenters. The fourth-order valence-electron chi connectivity index (χ4n) is 4.23. The van der Waals surface area contributed by atoms with Gasteiger partial charge in [-0.15, -0.1) is 0 Å².